The number of halogens is 1. The minimum atomic E-state index is 0.578. The Hall–Kier alpha value is -0.300. The molecule has 1 heteroatoms. The Morgan fingerprint density at radius 3 is 2.94 bits per heavy atom. The summed E-state index contributed by atoms with van der Waals surface area (Å²) in [6.07, 6.45) is 6.47. The van der Waals surface area contributed by atoms with Gasteiger partial charge in [0.2, 0.25) is 0 Å². The number of benzene rings is 1. The quantitative estimate of drug-likeness (QED) is 0.505. The molecule has 2 unspecified atom stereocenters. The molecular formula is C15H21Br. The lowest BCUT2D eigenvalue weighted by atomic mass is 9.93. The van der Waals surface area contributed by atoms with Gasteiger partial charge in [-0.3, -0.25) is 0 Å². The Morgan fingerprint density at radius 2 is 2.19 bits per heavy atom. The molecule has 0 saturated heterocycles. The normalized spacial score (nSPS) is 22.3. The Balaban J connectivity index is 2.35. The molecule has 0 heterocycles. The molecule has 16 heavy (non-hydrogen) atoms. The van der Waals surface area contributed by atoms with E-state index in [1.54, 1.807) is 11.1 Å². The zero-order chi connectivity index (χ0) is 11.5. The lowest BCUT2D eigenvalue weighted by molar-refractivity contribution is 0.707. The van der Waals surface area contributed by atoms with Crippen LogP contribution in [0.3, 0.4) is 0 Å². The van der Waals surface area contributed by atoms with Crippen LogP contribution < -0.4 is 0 Å². The van der Waals surface area contributed by atoms with Gasteiger partial charge in [0.1, 0.15) is 0 Å². The summed E-state index contributed by atoms with van der Waals surface area (Å²) >= 11 is 3.84. The van der Waals surface area contributed by atoms with Crippen LogP contribution in [-0.4, -0.2) is 0 Å². The van der Waals surface area contributed by atoms with Crippen LogP contribution in [0.2, 0.25) is 0 Å². The van der Waals surface area contributed by atoms with Crippen molar-refractivity contribution < 1.29 is 0 Å². The van der Waals surface area contributed by atoms with Gasteiger partial charge in [0, 0.05) is 4.83 Å². The van der Waals surface area contributed by atoms with E-state index in [-0.39, 0.29) is 0 Å². The average molecular weight is 281 g/mol. The molecule has 0 saturated carbocycles. The fourth-order valence-corrected chi connectivity index (χ4v) is 3.22. The van der Waals surface area contributed by atoms with Crippen molar-refractivity contribution >= 4 is 15.9 Å². The summed E-state index contributed by atoms with van der Waals surface area (Å²) in [5, 5.41) is 0. The molecule has 1 aliphatic rings. The van der Waals surface area contributed by atoms with Crippen molar-refractivity contribution in [3.63, 3.8) is 0 Å². The SMILES string of the molecule is CCC(C)c1ccc2c(c1)C(Br)CCCC2. The van der Waals surface area contributed by atoms with Crippen LogP contribution in [0.15, 0.2) is 18.2 Å². The Morgan fingerprint density at radius 1 is 1.38 bits per heavy atom. The van der Waals surface area contributed by atoms with Crippen LogP contribution in [0.1, 0.15) is 67.0 Å². The molecular weight excluding hydrogens is 260 g/mol. The highest BCUT2D eigenvalue weighted by atomic mass is 79.9. The van der Waals surface area contributed by atoms with Crippen LogP contribution in [0.25, 0.3) is 0 Å². The molecule has 2 rings (SSSR count). The van der Waals surface area contributed by atoms with Crippen LogP contribution in [0.5, 0.6) is 0 Å². The monoisotopic (exact) mass is 280 g/mol. The highest BCUT2D eigenvalue weighted by Gasteiger charge is 2.17. The standard InChI is InChI=1S/C15H21Br/c1-3-11(2)13-9-8-12-6-4-5-7-15(16)14(12)10-13/h8-11,15H,3-7H2,1-2H3. The molecule has 0 amide bonds. The minimum Gasteiger partial charge on any atom is -0.0839 e. The van der Waals surface area contributed by atoms with Crippen LogP contribution in [0, 0.1) is 0 Å². The Bertz CT molecular complexity index is 356. The molecule has 1 aliphatic carbocycles. The average Bonchev–Trinajstić information content (AvgIpc) is 2.50. The second kappa shape index (κ2) is 5.35. The van der Waals surface area contributed by atoms with Gasteiger partial charge in [-0.15, -0.1) is 0 Å². The smallest absolute Gasteiger partial charge is 0.0398 e. The van der Waals surface area contributed by atoms with Gasteiger partial charge in [0.15, 0.2) is 0 Å². The molecule has 0 fully saturated rings. The number of hydrogen-bond donors (Lipinski definition) is 0. The lowest BCUT2D eigenvalue weighted by Gasteiger charge is -2.16. The van der Waals surface area contributed by atoms with Crippen molar-refractivity contribution in [3.05, 3.63) is 34.9 Å². The third-order valence-electron chi connectivity index (χ3n) is 3.84. The Kier molecular flexibility index (Phi) is 4.07. The van der Waals surface area contributed by atoms with Crippen LogP contribution in [-0.2, 0) is 6.42 Å². The molecule has 0 radical (unpaired) electrons. The van der Waals surface area contributed by atoms with E-state index in [1.165, 1.54) is 37.7 Å². The molecule has 1 aromatic rings. The molecule has 0 nitrogen and oxygen atoms in total. The highest BCUT2D eigenvalue weighted by Crippen LogP contribution is 2.36. The van der Waals surface area contributed by atoms with E-state index in [2.05, 4.69) is 48.0 Å². The number of aryl methyl sites for hydroxylation is 1. The van der Waals surface area contributed by atoms with Crippen LogP contribution >= 0.6 is 15.9 Å². The van der Waals surface area contributed by atoms with E-state index in [0.29, 0.717) is 10.7 Å². The summed E-state index contributed by atoms with van der Waals surface area (Å²) in [4.78, 5) is 0.578. The van der Waals surface area contributed by atoms with Crippen molar-refractivity contribution in [1.29, 1.82) is 0 Å². The summed E-state index contributed by atoms with van der Waals surface area (Å²) in [5.74, 6) is 0.688. The minimum absolute atomic E-state index is 0.578. The van der Waals surface area contributed by atoms with E-state index in [4.69, 9.17) is 0 Å². The number of hydrogen-bond acceptors (Lipinski definition) is 0. The molecule has 1 aromatic carbocycles. The molecule has 88 valence electrons. The zero-order valence-corrected chi connectivity index (χ0v) is 11.9. The zero-order valence-electron chi connectivity index (χ0n) is 10.3. The van der Waals surface area contributed by atoms with Gasteiger partial charge in [-0.1, -0.05) is 54.4 Å². The topological polar surface area (TPSA) is 0 Å². The molecule has 0 bridgehead atoms. The summed E-state index contributed by atoms with van der Waals surface area (Å²) in [6.45, 7) is 4.59. The molecule has 2 atom stereocenters. The molecule has 0 aromatic heterocycles. The first kappa shape index (κ1) is 12.2. The summed E-state index contributed by atoms with van der Waals surface area (Å²) in [7, 11) is 0. The second-order valence-electron chi connectivity index (χ2n) is 4.98. The predicted molar refractivity (Wildman–Crippen MR) is 74.4 cm³/mol. The summed E-state index contributed by atoms with van der Waals surface area (Å²) < 4.78 is 0. The fraction of sp³-hybridized carbons (Fsp3) is 0.600. The van der Waals surface area contributed by atoms with Gasteiger partial charge in [-0.2, -0.15) is 0 Å². The maximum Gasteiger partial charge on any atom is 0.0398 e. The van der Waals surface area contributed by atoms with Crippen molar-refractivity contribution in [2.24, 2.45) is 0 Å². The maximum atomic E-state index is 3.84. The number of alkyl halides is 1. The van der Waals surface area contributed by atoms with Gasteiger partial charge in [0.05, 0.1) is 0 Å². The third kappa shape index (κ3) is 2.51. The largest absolute Gasteiger partial charge is 0.0839 e. The summed E-state index contributed by atoms with van der Waals surface area (Å²) in [6, 6.07) is 7.13. The van der Waals surface area contributed by atoms with Gasteiger partial charge in [0.25, 0.3) is 0 Å². The van der Waals surface area contributed by atoms with E-state index >= 15 is 0 Å². The molecule has 0 aliphatic heterocycles. The van der Waals surface area contributed by atoms with Crippen molar-refractivity contribution in [3.8, 4) is 0 Å². The first-order chi connectivity index (χ1) is 7.72. The van der Waals surface area contributed by atoms with Crippen molar-refractivity contribution in [2.45, 2.75) is 56.7 Å². The van der Waals surface area contributed by atoms with Gasteiger partial charge in [-0.05, 0) is 48.3 Å². The number of rotatable bonds is 2. The number of fused-ring (bicyclic) bond motifs is 1. The van der Waals surface area contributed by atoms with Gasteiger partial charge < -0.3 is 0 Å². The highest BCUT2D eigenvalue weighted by molar-refractivity contribution is 9.09. The van der Waals surface area contributed by atoms with Gasteiger partial charge >= 0.3 is 0 Å². The van der Waals surface area contributed by atoms with Crippen molar-refractivity contribution in [2.75, 3.05) is 0 Å². The fourth-order valence-electron chi connectivity index (χ4n) is 2.47. The second-order valence-corrected chi connectivity index (χ2v) is 6.09. The predicted octanol–water partition coefficient (Wildman–Crippen LogP) is 5.36. The first-order valence-electron chi connectivity index (χ1n) is 6.49. The first-order valence-corrected chi connectivity index (χ1v) is 7.40. The Labute approximate surface area is 108 Å². The third-order valence-corrected chi connectivity index (χ3v) is 4.79. The summed E-state index contributed by atoms with van der Waals surface area (Å²) in [5.41, 5.74) is 4.62. The van der Waals surface area contributed by atoms with E-state index < -0.39 is 0 Å². The molecule has 0 spiro atoms. The molecule has 0 N–H and O–H groups in total. The van der Waals surface area contributed by atoms with E-state index in [9.17, 15) is 0 Å². The van der Waals surface area contributed by atoms with Crippen molar-refractivity contribution in [1.82, 2.24) is 0 Å². The maximum absolute atomic E-state index is 3.84. The van der Waals surface area contributed by atoms with E-state index in [1.807, 2.05) is 0 Å². The van der Waals surface area contributed by atoms with E-state index in [0.717, 1.165) is 0 Å². The van der Waals surface area contributed by atoms with Crippen LogP contribution in [0.4, 0.5) is 0 Å². The lowest BCUT2D eigenvalue weighted by Crippen LogP contribution is -1.98. The van der Waals surface area contributed by atoms with Gasteiger partial charge in [-0.25, -0.2) is 0 Å².